The van der Waals surface area contributed by atoms with Crippen LogP contribution in [0.25, 0.3) is 0 Å². The lowest BCUT2D eigenvalue weighted by Gasteiger charge is -2.36. The second-order valence-electron chi connectivity index (χ2n) is 7.73. The smallest absolute Gasteiger partial charge is 0.319 e. The molecule has 2 aliphatic rings. The Balaban J connectivity index is 1.41. The van der Waals surface area contributed by atoms with Gasteiger partial charge in [-0.3, -0.25) is 4.79 Å². The number of anilines is 1. The highest BCUT2D eigenvalue weighted by Gasteiger charge is 2.26. The number of piperidine rings is 1. The first-order chi connectivity index (χ1) is 13.0. The summed E-state index contributed by atoms with van der Waals surface area (Å²) >= 11 is 0. The van der Waals surface area contributed by atoms with Gasteiger partial charge in [0.2, 0.25) is 5.91 Å². The number of hydrogen-bond acceptors (Lipinski definition) is 4. The molecule has 3 heterocycles. The quantitative estimate of drug-likeness (QED) is 0.809. The largest absolute Gasteiger partial charge is 0.353 e. The Hall–Kier alpha value is -2.31. The summed E-state index contributed by atoms with van der Waals surface area (Å²) in [4.78, 5) is 36.9. The normalized spacial score (nSPS) is 20.5. The van der Waals surface area contributed by atoms with Gasteiger partial charge in [0.15, 0.2) is 0 Å². The average molecular weight is 374 g/mol. The van der Waals surface area contributed by atoms with Crippen LogP contribution in [0.3, 0.4) is 0 Å². The van der Waals surface area contributed by atoms with Gasteiger partial charge in [-0.05, 0) is 37.3 Å². The number of piperazine rings is 1. The van der Waals surface area contributed by atoms with Crippen LogP contribution < -0.4 is 4.90 Å². The van der Waals surface area contributed by atoms with Crippen molar-refractivity contribution in [3.8, 4) is 0 Å². The molecule has 3 rings (SSSR count). The molecule has 2 saturated heterocycles. The van der Waals surface area contributed by atoms with Crippen molar-refractivity contribution in [2.75, 3.05) is 58.3 Å². The van der Waals surface area contributed by atoms with Crippen LogP contribution in [0, 0.1) is 5.92 Å². The fraction of sp³-hybridized carbons (Fsp3) is 0.650. The number of aromatic nitrogens is 1. The van der Waals surface area contributed by atoms with Crippen LogP contribution in [-0.2, 0) is 4.79 Å². The SMILES string of the molecule is CN(C)C(=O)N1CCCC(CCC(=O)N2CCN(c3ccccn3)CC2)C1. The van der Waals surface area contributed by atoms with Gasteiger partial charge < -0.3 is 19.6 Å². The Morgan fingerprint density at radius 1 is 1.11 bits per heavy atom. The zero-order chi connectivity index (χ0) is 19.2. The highest BCUT2D eigenvalue weighted by Crippen LogP contribution is 2.22. The maximum Gasteiger partial charge on any atom is 0.319 e. The van der Waals surface area contributed by atoms with E-state index in [2.05, 4.69) is 9.88 Å². The van der Waals surface area contributed by atoms with E-state index in [1.807, 2.05) is 28.0 Å². The molecule has 7 nitrogen and oxygen atoms in total. The van der Waals surface area contributed by atoms with E-state index in [0.717, 1.165) is 64.3 Å². The Bertz CT molecular complexity index is 629. The van der Waals surface area contributed by atoms with Crippen molar-refractivity contribution >= 4 is 17.8 Å². The van der Waals surface area contributed by atoms with E-state index in [1.54, 1.807) is 25.2 Å². The Kier molecular flexibility index (Phi) is 6.53. The van der Waals surface area contributed by atoms with Gasteiger partial charge in [0.1, 0.15) is 5.82 Å². The topological polar surface area (TPSA) is 60.0 Å². The first-order valence-corrected chi connectivity index (χ1v) is 9.94. The Labute approximate surface area is 161 Å². The zero-order valence-corrected chi connectivity index (χ0v) is 16.5. The van der Waals surface area contributed by atoms with Crippen LogP contribution in [0.2, 0.25) is 0 Å². The maximum atomic E-state index is 12.6. The van der Waals surface area contributed by atoms with Crippen molar-refractivity contribution in [1.29, 1.82) is 0 Å². The monoisotopic (exact) mass is 373 g/mol. The van der Waals surface area contributed by atoms with Gasteiger partial charge in [0.05, 0.1) is 0 Å². The van der Waals surface area contributed by atoms with Crippen LogP contribution in [-0.4, -0.2) is 85.0 Å². The second-order valence-corrected chi connectivity index (χ2v) is 7.73. The number of nitrogens with zero attached hydrogens (tertiary/aromatic N) is 5. The van der Waals surface area contributed by atoms with Crippen LogP contribution in [0.15, 0.2) is 24.4 Å². The van der Waals surface area contributed by atoms with Crippen LogP contribution in [0.1, 0.15) is 25.7 Å². The van der Waals surface area contributed by atoms with Gasteiger partial charge in [0, 0.05) is 66.0 Å². The fourth-order valence-corrected chi connectivity index (χ4v) is 3.97. The van der Waals surface area contributed by atoms with Gasteiger partial charge in [-0.25, -0.2) is 9.78 Å². The van der Waals surface area contributed by atoms with Crippen LogP contribution in [0.4, 0.5) is 10.6 Å². The molecular formula is C20H31N5O2. The van der Waals surface area contributed by atoms with E-state index >= 15 is 0 Å². The molecule has 148 valence electrons. The lowest BCUT2D eigenvalue weighted by Crippen LogP contribution is -2.49. The van der Waals surface area contributed by atoms with E-state index in [9.17, 15) is 9.59 Å². The van der Waals surface area contributed by atoms with Crippen LogP contribution in [0.5, 0.6) is 0 Å². The number of rotatable bonds is 4. The molecule has 27 heavy (non-hydrogen) atoms. The lowest BCUT2D eigenvalue weighted by atomic mass is 9.93. The highest BCUT2D eigenvalue weighted by molar-refractivity contribution is 5.76. The Morgan fingerprint density at radius 3 is 2.56 bits per heavy atom. The fourth-order valence-electron chi connectivity index (χ4n) is 3.97. The molecule has 1 atom stereocenters. The summed E-state index contributed by atoms with van der Waals surface area (Å²) in [5.41, 5.74) is 0. The summed E-state index contributed by atoms with van der Waals surface area (Å²) in [6.45, 7) is 4.78. The second kappa shape index (κ2) is 9.06. The molecule has 0 aromatic carbocycles. The summed E-state index contributed by atoms with van der Waals surface area (Å²) < 4.78 is 0. The number of pyridine rings is 1. The number of carbonyl (C=O) groups excluding carboxylic acids is 2. The summed E-state index contributed by atoms with van der Waals surface area (Å²) in [6.07, 6.45) is 5.40. The summed E-state index contributed by atoms with van der Waals surface area (Å²) in [5.74, 6) is 1.66. The van der Waals surface area contributed by atoms with Gasteiger partial charge in [-0.15, -0.1) is 0 Å². The molecule has 3 amide bonds. The Morgan fingerprint density at radius 2 is 1.89 bits per heavy atom. The van der Waals surface area contributed by atoms with E-state index in [0.29, 0.717) is 12.3 Å². The molecule has 0 bridgehead atoms. The van der Waals surface area contributed by atoms with Crippen molar-refractivity contribution in [1.82, 2.24) is 19.7 Å². The molecule has 0 spiro atoms. The molecule has 7 heteroatoms. The van der Waals surface area contributed by atoms with Gasteiger partial charge in [-0.2, -0.15) is 0 Å². The minimum Gasteiger partial charge on any atom is -0.353 e. The number of hydrogen-bond donors (Lipinski definition) is 0. The zero-order valence-electron chi connectivity index (χ0n) is 16.5. The third-order valence-corrected chi connectivity index (χ3v) is 5.54. The minimum absolute atomic E-state index is 0.0802. The number of likely N-dealkylation sites (tertiary alicyclic amines) is 1. The first-order valence-electron chi connectivity index (χ1n) is 9.94. The molecule has 2 aliphatic heterocycles. The highest BCUT2D eigenvalue weighted by atomic mass is 16.2. The third-order valence-electron chi connectivity index (χ3n) is 5.54. The average Bonchev–Trinajstić information content (AvgIpc) is 2.72. The van der Waals surface area contributed by atoms with E-state index in [4.69, 9.17) is 0 Å². The van der Waals surface area contributed by atoms with Gasteiger partial charge >= 0.3 is 6.03 Å². The number of urea groups is 1. The standard InChI is InChI=1S/C20H31N5O2/c1-22(2)20(27)25-11-5-6-17(16-25)8-9-19(26)24-14-12-23(13-15-24)18-7-3-4-10-21-18/h3-4,7,10,17H,5-6,8-9,11-16H2,1-2H3. The summed E-state index contributed by atoms with van der Waals surface area (Å²) in [7, 11) is 3.58. The molecule has 1 aromatic heterocycles. The molecule has 0 N–H and O–H groups in total. The maximum absolute atomic E-state index is 12.6. The van der Waals surface area contributed by atoms with E-state index < -0.39 is 0 Å². The predicted octanol–water partition coefficient (Wildman–Crippen LogP) is 1.90. The minimum atomic E-state index is 0.0802. The molecule has 2 fully saturated rings. The van der Waals surface area contributed by atoms with E-state index in [-0.39, 0.29) is 11.9 Å². The molecule has 0 saturated carbocycles. The van der Waals surface area contributed by atoms with E-state index in [1.165, 1.54) is 0 Å². The first kappa shape index (κ1) is 19.5. The summed E-state index contributed by atoms with van der Waals surface area (Å²) in [5, 5.41) is 0. The molecule has 1 unspecified atom stereocenters. The van der Waals surface area contributed by atoms with Crippen molar-refractivity contribution in [2.45, 2.75) is 25.7 Å². The number of carbonyl (C=O) groups is 2. The predicted molar refractivity (Wildman–Crippen MR) is 106 cm³/mol. The van der Waals surface area contributed by atoms with Gasteiger partial charge in [-0.1, -0.05) is 6.07 Å². The van der Waals surface area contributed by atoms with Crippen molar-refractivity contribution in [2.24, 2.45) is 5.92 Å². The van der Waals surface area contributed by atoms with Gasteiger partial charge in [0.25, 0.3) is 0 Å². The van der Waals surface area contributed by atoms with Crippen molar-refractivity contribution in [3.63, 3.8) is 0 Å². The summed E-state index contributed by atoms with van der Waals surface area (Å²) in [6, 6.07) is 6.01. The van der Waals surface area contributed by atoms with Crippen LogP contribution >= 0.6 is 0 Å². The molecular weight excluding hydrogens is 342 g/mol. The molecule has 1 aromatic rings. The molecule has 0 radical (unpaired) electrons. The van der Waals surface area contributed by atoms with Crippen molar-refractivity contribution < 1.29 is 9.59 Å². The number of amides is 3. The molecule has 0 aliphatic carbocycles. The third kappa shape index (κ3) is 5.11. The van der Waals surface area contributed by atoms with Crippen molar-refractivity contribution in [3.05, 3.63) is 24.4 Å². The lowest BCUT2D eigenvalue weighted by molar-refractivity contribution is -0.131.